The second-order valence-electron chi connectivity index (χ2n) is 6.09. The number of anilines is 1. The lowest BCUT2D eigenvalue weighted by molar-refractivity contribution is 0.189. The van der Waals surface area contributed by atoms with Gasteiger partial charge in [-0.3, -0.25) is 0 Å². The molecular weight excluding hydrogens is 322 g/mol. The van der Waals surface area contributed by atoms with E-state index in [0.29, 0.717) is 0 Å². The van der Waals surface area contributed by atoms with Gasteiger partial charge in [-0.05, 0) is 37.3 Å². The van der Waals surface area contributed by atoms with Crippen molar-refractivity contribution in [2.24, 2.45) is 0 Å². The number of amides is 2. The van der Waals surface area contributed by atoms with Crippen molar-refractivity contribution in [2.75, 3.05) is 25.0 Å². The fraction of sp³-hybridized carbons (Fsp3) is 0.471. The Balaban J connectivity index is 1.58. The summed E-state index contributed by atoms with van der Waals surface area (Å²) in [7, 11) is 1.85. The summed E-state index contributed by atoms with van der Waals surface area (Å²) in [6, 6.07) is 6.05. The first-order valence-electron chi connectivity index (χ1n) is 8.24. The molecule has 7 heteroatoms. The third kappa shape index (κ3) is 3.84. The van der Waals surface area contributed by atoms with Gasteiger partial charge in [0.25, 0.3) is 0 Å². The van der Waals surface area contributed by atoms with Gasteiger partial charge in [-0.25, -0.2) is 14.8 Å². The first-order valence-corrected chi connectivity index (χ1v) is 9.12. The number of urea groups is 1. The molecule has 0 aliphatic carbocycles. The maximum atomic E-state index is 12.6. The van der Waals surface area contributed by atoms with Gasteiger partial charge in [0.2, 0.25) is 5.95 Å². The molecule has 1 aliphatic rings. The Morgan fingerprint density at radius 3 is 2.92 bits per heavy atom. The molecule has 1 aliphatic heterocycles. The van der Waals surface area contributed by atoms with E-state index >= 15 is 0 Å². The first-order chi connectivity index (χ1) is 11.6. The molecule has 0 aromatic carbocycles. The maximum absolute atomic E-state index is 12.6. The van der Waals surface area contributed by atoms with Crippen molar-refractivity contribution in [3.8, 4) is 0 Å². The quantitative estimate of drug-likeness (QED) is 0.925. The van der Waals surface area contributed by atoms with Crippen LogP contribution in [0.5, 0.6) is 0 Å². The average Bonchev–Trinajstić information content (AvgIpc) is 3.16. The van der Waals surface area contributed by atoms with Gasteiger partial charge < -0.3 is 15.1 Å². The summed E-state index contributed by atoms with van der Waals surface area (Å²) in [6.45, 7) is 3.73. The zero-order valence-electron chi connectivity index (χ0n) is 14.1. The summed E-state index contributed by atoms with van der Waals surface area (Å²) in [5.74, 6) is 0.733. The summed E-state index contributed by atoms with van der Waals surface area (Å²) in [5.41, 5.74) is 0. The number of piperidine rings is 1. The van der Waals surface area contributed by atoms with E-state index in [-0.39, 0.29) is 18.1 Å². The van der Waals surface area contributed by atoms with Crippen LogP contribution in [-0.4, -0.2) is 47.1 Å². The van der Waals surface area contributed by atoms with Gasteiger partial charge >= 0.3 is 6.03 Å². The van der Waals surface area contributed by atoms with Gasteiger partial charge in [-0.2, -0.15) is 0 Å². The highest BCUT2D eigenvalue weighted by molar-refractivity contribution is 7.10. The molecule has 0 radical (unpaired) electrons. The Bertz CT molecular complexity index is 648. The SMILES string of the molecule is CC(c1cccs1)N(C)C(=O)NC1CCCN(c2ncccn2)C1. The largest absolute Gasteiger partial charge is 0.339 e. The lowest BCUT2D eigenvalue weighted by Gasteiger charge is -2.34. The number of hydrogen-bond donors (Lipinski definition) is 1. The number of carbonyl (C=O) groups is 1. The van der Waals surface area contributed by atoms with E-state index in [2.05, 4.69) is 33.2 Å². The molecule has 3 rings (SSSR count). The molecule has 128 valence electrons. The minimum absolute atomic E-state index is 0.0308. The average molecular weight is 345 g/mol. The Morgan fingerprint density at radius 1 is 1.42 bits per heavy atom. The van der Waals surface area contributed by atoms with E-state index in [0.717, 1.165) is 31.9 Å². The van der Waals surface area contributed by atoms with Crippen molar-refractivity contribution >= 4 is 23.3 Å². The molecule has 1 fully saturated rings. The normalized spacial score (nSPS) is 18.9. The van der Waals surface area contributed by atoms with Gasteiger partial charge in [-0.15, -0.1) is 11.3 Å². The van der Waals surface area contributed by atoms with Crippen LogP contribution >= 0.6 is 11.3 Å². The fourth-order valence-electron chi connectivity index (χ4n) is 2.90. The topological polar surface area (TPSA) is 61.4 Å². The molecule has 0 bridgehead atoms. The number of hydrogen-bond acceptors (Lipinski definition) is 5. The summed E-state index contributed by atoms with van der Waals surface area (Å²) < 4.78 is 0. The van der Waals surface area contributed by atoms with Crippen LogP contribution < -0.4 is 10.2 Å². The van der Waals surface area contributed by atoms with Crippen molar-refractivity contribution < 1.29 is 4.79 Å². The molecule has 2 unspecified atom stereocenters. The van der Waals surface area contributed by atoms with Crippen molar-refractivity contribution in [1.82, 2.24) is 20.2 Å². The number of carbonyl (C=O) groups excluding carboxylic acids is 1. The Morgan fingerprint density at radius 2 is 2.21 bits per heavy atom. The van der Waals surface area contributed by atoms with Crippen molar-refractivity contribution in [2.45, 2.75) is 31.8 Å². The minimum atomic E-state index is -0.0308. The maximum Gasteiger partial charge on any atom is 0.317 e. The van der Waals surface area contributed by atoms with Gasteiger partial charge in [0, 0.05) is 43.4 Å². The molecule has 0 spiro atoms. The number of nitrogens with one attached hydrogen (secondary N) is 1. The van der Waals surface area contributed by atoms with E-state index in [1.807, 2.05) is 24.6 Å². The highest BCUT2D eigenvalue weighted by Crippen LogP contribution is 2.23. The van der Waals surface area contributed by atoms with Crippen LogP contribution in [0.2, 0.25) is 0 Å². The fourth-order valence-corrected chi connectivity index (χ4v) is 3.73. The van der Waals surface area contributed by atoms with Crippen molar-refractivity contribution in [3.05, 3.63) is 40.8 Å². The third-order valence-corrected chi connectivity index (χ3v) is 5.48. The number of thiophene rings is 1. The van der Waals surface area contributed by atoms with E-state index in [1.54, 1.807) is 28.6 Å². The van der Waals surface area contributed by atoms with Crippen molar-refractivity contribution in [1.29, 1.82) is 0 Å². The number of rotatable bonds is 4. The first kappa shape index (κ1) is 16.7. The zero-order valence-corrected chi connectivity index (χ0v) is 14.9. The minimum Gasteiger partial charge on any atom is -0.339 e. The molecule has 24 heavy (non-hydrogen) atoms. The van der Waals surface area contributed by atoms with Crippen LogP contribution in [0.3, 0.4) is 0 Å². The van der Waals surface area contributed by atoms with Crippen LogP contribution in [0.4, 0.5) is 10.7 Å². The predicted octanol–water partition coefficient (Wildman–Crippen LogP) is 2.91. The van der Waals surface area contributed by atoms with Crippen LogP contribution in [0.15, 0.2) is 36.0 Å². The Labute approximate surface area is 146 Å². The van der Waals surface area contributed by atoms with Gasteiger partial charge in [0.05, 0.1) is 6.04 Å². The van der Waals surface area contributed by atoms with Gasteiger partial charge in [0.1, 0.15) is 0 Å². The molecular formula is C17H23N5OS. The van der Waals surface area contributed by atoms with Crippen LogP contribution in [0.1, 0.15) is 30.7 Å². The lowest BCUT2D eigenvalue weighted by atomic mass is 10.1. The van der Waals surface area contributed by atoms with Crippen molar-refractivity contribution in [3.63, 3.8) is 0 Å². The lowest BCUT2D eigenvalue weighted by Crippen LogP contribution is -2.51. The van der Waals surface area contributed by atoms with Crippen LogP contribution in [0.25, 0.3) is 0 Å². The summed E-state index contributed by atoms with van der Waals surface area (Å²) in [5, 5.41) is 5.19. The van der Waals surface area contributed by atoms with E-state index in [9.17, 15) is 4.79 Å². The number of nitrogens with zero attached hydrogens (tertiary/aromatic N) is 4. The zero-order chi connectivity index (χ0) is 16.9. The summed E-state index contributed by atoms with van der Waals surface area (Å²) >= 11 is 1.67. The highest BCUT2D eigenvalue weighted by atomic mass is 32.1. The van der Waals surface area contributed by atoms with E-state index < -0.39 is 0 Å². The molecule has 2 atom stereocenters. The van der Waals surface area contributed by atoms with Crippen LogP contribution in [-0.2, 0) is 0 Å². The molecule has 3 heterocycles. The highest BCUT2D eigenvalue weighted by Gasteiger charge is 2.25. The Kier molecular flexibility index (Phi) is 5.30. The summed E-state index contributed by atoms with van der Waals surface area (Å²) in [4.78, 5) is 26.3. The summed E-state index contributed by atoms with van der Waals surface area (Å²) in [6.07, 6.45) is 5.51. The van der Waals surface area contributed by atoms with E-state index in [1.165, 1.54) is 4.88 Å². The standard InChI is InChI=1S/C17H23N5OS/c1-13(15-7-4-11-24-15)21(2)17(23)20-14-6-3-10-22(12-14)16-18-8-5-9-19-16/h4-5,7-9,11,13-14H,3,6,10,12H2,1-2H3,(H,20,23). The van der Waals surface area contributed by atoms with Gasteiger partial charge in [-0.1, -0.05) is 6.07 Å². The monoisotopic (exact) mass is 345 g/mol. The molecule has 1 N–H and O–H groups in total. The molecule has 1 saturated heterocycles. The number of aromatic nitrogens is 2. The van der Waals surface area contributed by atoms with Crippen LogP contribution in [0, 0.1) is 0 Å². The second-order valence-corrected chi connectivity index (χ2v) is 7.07. The second kappa shape index (κ2) is 7.61. The molecule has 2 amide bonds. The third-order valence-electron chi connectivity index (χ3n) is 4.44. The molecule has 6 nitrogen and oxygen atoms in total. The predicted molar refractivity (Wildman–Crippen MR) is 96.3 cm³/mol. The van der Waals surface area contributed by atoms with Gasteiger partial charge in [0.15, 0.2) is 0 Å². The molecule has 2 aromatic heterocycles. The Hall–Kier alpha value is -2.15. The van der Waals surface area contributed by atoms with E-state index in [4.69, 9.17) is 0 Å². The molecule has 2 aromatic rings. The smallest absolute Gasteiger partial charge is 0.317 e. The molecule has 0 saturated carbocycles.